The van der Waals surface area contributed by atoms with E-state index in [1.54, 1.807) is 0 Å². The lowest BCUT2D eigenvalue weighted by atomic mass is 10.0. The molecule has 19 heteroatoms. The van der Waals surface area contributed by atoms with Crippen LogP contribution in [-0.4, -0.2) is 96.7 Å². The van der Waals surface area contributed by atoms with Gasteiger partial charge < -0.3 is 33.8 Å². The maximum absolute atomic E-state index is 12.9. The molecule has 0 saturated carbocycles. The summed E-state index contributed by atoms with van der Waals surface area (Å²) in [6.07, 6.45) is 37.6. The third-order valence-corrected chi connectivity index (χ3v) is 15.9. The quantitative estimate of drug-likeness (QED) is 0.0222. The van der Waals surface area contributed by atoms with E-state index in [1.165, 1.54) is 128 Å². The van der Waals surface area contributed by atoms with E-state index in [2.05, 4.69) is 34.6 Å². The summed E-state index contributed by atoms with van der Waals surface area (Å²) in [4.78, 5) is 72.0. The van der Waals surface area contributed by atoms with E-state index in [9.17, 15) is 43.2 Å². The Balaban J connectivity index is 5.23. The number of rotatable bonds is 61. The maximum atomic E-state index is 12.9. The molecule has 0 aliphatic carbocycles. The van der Waals surface area contributed by atoms with E-state index in [4.69, 9.17) is 37.0 Å². The number of hydrogen-bond donors (Lipinski definition) is 3. The van der Waals surface area contributed by atoms with Gasteiger partial charge in [0.05, 0.1) is 26.4 Å². The van der Waals surface area contributed by atoms with Crippen molar-refractivity contribution >= 4 is 39.5 Å². The number of unbranched alkanes of at least 4 members (excludes halogenated alkanes) is 33. The van der Waals surface area contributed by atoms with E-state index < -0.39 is 97.5 Å². The molecule has 0 fully saturated rings. The molecule has 0 aromatic heterocycles. The van der Waals surface area contributed by atoms with Crippen LogP contribution in [0.2, 0.25) is 0 Å². The van der Waals surface area contributed by atoms with E-state index in [0.717, 1.165) is 89.9 Å². The normalized spacial score (nSPS) is 14.3. The fourth-order valence-electron chi connectivity index (χ4n) is 9.05. The van der Waals surface area contributed by atoms with Crippen LogP contribution in [-0.2, 0) is 65.4 Å². The van der Waals surface area contributed by atoms with Crippen molar-refractivity contribution in [2.24, 2.45) is 5.92 Å². The number of esters is 4. The number of carbonyl (C=O) groups is 4. The lowest BCUT2D eigenvalue weighted by Gasteiger charge is -2.21. The van der Waals surface area contributed by atoms with Gasteiger partial charge in [0.15, 0.2) is 12.2 Å². The Kier molecular flexibility index (Phi) is 53.6. The van der Waals surface area contributed by atoms with Crippen LogP contribution in [0.25, 0.3) is 0 Å². The first-order valence-electron chi connectivity index (χ1n) is 32.1. The fourth-order valence-corrected chi connectivity index (χ4v) is 10.6. The van der Waals surface area contributed by atoms with Gasteiger partial charge in [0.1, 0.15) is 19.3 Å². The molecule has 0 heterocycles. The summed E-state index contributed by atoms with van der Waals surface area (Å²) in [5.41, 5.74) is 0. The van der Waals surface area contributed by atoms with Gasteiger partial charge in [-0.05, 0) is 31.6 Å². The van der Waals surface area contributed by atoms with Crippen molar-refractivity contribution in [3.8, 4) is 0 Å². The minimum Gasteiger partial charge on any atom is -0.462 e. The molecule has 5 atom stereocenters. The second-order valence-electron chi connectivity index (χ2n) is 22.6. The van der Waals surface area contributed by atoms with Crippen LogP contribution in [0, 0.1) is 5.92 Å². The lowest BCUT2D eigenvalue weighted by Crippen LogP contribution is -2.30. The number of carbonyl (C=O) groups excluding carboxylic acids is 4. The summed E-state index contributed by atoms with van der Waals surface area (Å²) in [6, 6.07) is 0. The monoisotopic (exact) mass is 1180 g/mol. The molecule has 0 rings (SSSR count). The minimum absolute atomic E-state index is 0.102. The standard InChI is InChI=1S/C61H118O17P2/c1-6-9-12-15-18-21-23-26-29-35-40-45-59(64)72-50-56(77-60(65)46-41-36-30-27-24-22-19-16-13-10-7-2)52-75-79(67,68)73-48-55(62)49-74-80(69,70)76-53-57(78-61(66)47-42-37-32-31-33-38-43-54(4)5)51-71-58(63)44-39-34-28-25-20-17-14-11-8-3/h54-57,62H,6-53H2,1-5H3,(H,67,68)(H,69,70)/t55-,56-,57-/m1/s1. The largest absolute Gasteiger partial charge is 0.472 e. The van der Waals surface area contributed by atoms with Crippen LogP contribution in [0.1, 0.15) is 304 Å². The first-order valence-corrected chi connectivity index (χ1v) is 35.1. The highest BCUT2D eigenvalue weighted by atomic mass is 31.2. The zero-order valence-electron chi connectivity index (χ0n) is 51.2. The summed E-state index contributed by atoms with van der Waals surface area (Å²) >= 11 is 0. The average Bonchev–Trinajstić information content (AvgIpc) is 3.42. The van der Waals surface area contributed by atoms with Crippen molar-refractivity contribution < 1.29 is 80.2 Å². The molecular formula is C61H118O17P2. The van der Waals surface area contributed by atoms with Crippen LogP contribution in [0.15, 0.2) is 0 Å². The molecule has 0 aromatic rings. The van der Waals surface area contributed by atoms with Crippen molar-refractivity contribution in [3.63, 3.8) is 0 Å². The van der Waals surface area contributed by atoms with Gasteiger partial charge in [-0.2, -0.15) is 0 Å². The summed E-state index contributed by atoms with van der Waals surface area (Å²) in [5.74, 6) is -1.47. The van der Waals surface area contributed by atoms with Gasteiger partial charge in [0, 0.05) is 25.7 Å². The highest BCUT2D eigenvalue weighted by molar-refractivity contribution is 7.47. The molecule has 3 N–H and O–H groups in total. The van der Waals surface area contributed by atoms with Gasteiger partial charge in [0.2, 0.25) is 0 Å². The molecule has 0 saturated heterocycles. The molecule has 0 radical (unpaired) electrons. The topological polar surface area (TPSA) is 237 Å². The van der Waals surface area contributed by atoms with E-state index >= 15 is 0 Å². The second kappa shape index (κ2) is 55.0. The fraction of sp³-hybridized carbons (Fsp3) is 0.934. The van der Waals surface area contributed by atoms with Gasteiger partial charge in [-0.15, -0.1) is 0 Å². The van der Waals surface area contributed by atoms with Crippen LogP contribution >= 0.6 is 15.6 Å². The number of ether oxygens (including phenoxy) is 4. The zero-order chi connectivity index (χ0) is 59.2. The minimum atomic E-state index is -4.94. The number of aliphatic hydroxyl groups excluding tert-OH is 1. The number of phosphoric acid groups is 2. The smallest absolute Gasteiger partial charge is 0.462 e. The molecule has 474 valence electrons. The van der Waals surface area contributed by atoms with Gasteiger partial charge in [-0.1, -0.05) is 253 Å². The zero-order valence-corrected chi connectivity index (χ0v) is 53.0. The van der Waals surface area contributed by atoms with E-state index in [1.807, 2.05) is 0 Å². The van der Waals surface area contributed by atoms with Gasteiger partial charge >= 0.3 is 39.5 Å². The van der Waals surface area contributed by atoms with Crippen molar-refractivity contribution in [1.29, 1.82) is 0 Å². The molecule has 2 unspecified atom stereocenters. The number of hydrogen-bond acceptors (Lipinski definition) is 15. The maximum Gasteiger partial charge on any atom is 0.472 e. The molecule has 17 nitrogen and oxygen atoms in total. The number of phosphoric ester groups is 2. The third kappa shape index (κ3) is 55.3. The summed E-state index contributed by atoms with van der Waals surface area (Å²) < 4.78 is 67.8. The van der Waals surface area contributed by atoms with E-state index in [-0.39, 0.29) is 25.7 Å². The second-order valence-corrected chi connectivity index (χ2v) is 25.5. The SMILES string of the molecule is CCCCCCCCCCCCCC(=O)OC[C@H](COP(=O)(O)OC[C@@H](O)COP(=O)(O)OC[C@@H](COC(=O)CCCCCCCCCCC)OC(=O)CCCCCCCCC(C)C)OC(=O)CCCCCCCCCCCCC. The molecule has 0 amide bonds. The summed E-state index contributed by atoms with van der Waals surface area (Å²) in [7, 11) is -9.88. The predicted molar refractivity (Wildman–Crippen MR) is 317 cm³/mol. The Morgan fingerprint density at radius 1 is 0.338 bits per heavy atom. The molecule has 0 aliphatic heterocycles. The Hall–Kier alpha value is -1.94. The summed E-state index contributed by atoms with van der Waals surface area (Å²) in [5, 5.41) is 10.5. The molecule has 0 bridgehead atoms. The van der Waals surface area contributed by atoms with Crippen molar-refractivity contribution in [3.05, 3.63) is 0 Å². The van der Waals surface area contributed by atoms with Crippen molar-refractivity contribution in [1.82, 2.24) is 0 Å². The molecular weight excluding hydrogens is 1070 g/mol. The van der Waals surface area contributed by atoms with Gasteiger partial charge in [-0.25, -0.2) is 9.13 Å². The van der Waals surface area contributed by atoms with Crippen LogP contribution in [0.4, 0.5) is 0 Å². The Morgan fingerprint density at radius 3 is 0.850 bits per heavy atom. The molecule has 0 aliphatic rings. The molecule has 0 spiro atoms. The van der Waals surface area contributed by atoms with Crippen LogP contribution in [0.3, 0.4) is 0 Å². The predicted octanol–water partition coefficient (Wildman–Crippen LogP) is 16.6. The van der Waals surface area contributed by atoms with E-state index in [0.29, 0.717) is 31.6 Å². The lowest BCUT2D eigenvalue weighted by molar-refractivity contribution is -0.161. The first kappa shape index (κ1) is 78.1. The average molecular weight is 1190 g/mol. The summed E-state index contributed by atoms with van der Waals surface area (Å²) in [6.45, 7) is 7.06. The van der Waals surface area contributed by atoms with Crippen molar-refractivity contribution in [2.45, 2.75) is 323 Å². The Bertz CT molecular complexity index is 1570. The molecule has 80 heavy (non-hydrogen) atoms. The Morgan fingerprint density at radius 2 is 0.575 bits per heavy atom. The van der Waals surface area contributed by atoms with Crippen molar-refractivity contribution in [2.75, 3.05) is 39.6 Å². The van der Waals surface area contributed by atoms with Gasteiger partial charge in [0.25, 0.3) is 0 Å². The number of aliphatic hydroxyl groups is 1. The highest BCUT2D eigenvalue weighted by Crippen LogP contribution is 2.45. The van der Waals surface area contributed by atoms with Crippen LogP contribution in [0.5, 0.6) is 0 Å². The Labute approximate surface area is 486 Å². The van der Waals surface area contributed by atoms with Crippen LogP contribution < -0.4 is 0 Å². The first-order chi connectivity index (χ1) is 38.5. The third-order valence-electron chi connectivity index (χ3n) is 14.0. The molecule has 0 aromatic carbocycles. The highest BCUT2D eigenvalue weighted by Gasteiger charge is 2.30. The van der Waals surface area contributed by atoms with Gasteiger partial charge in [-0.3, -0.25) is 37.3 Å².